The second kappa shape index (κ2) is 13.3. The second-order valence-electron chi connectivity index (χ2n) is 19.7. The van der Waals surface area contributed by atoms with E-state index in [-0.39, 0.29) is 0 Å². The van der Waals surface area contributed by atoms with Crippen LogP contribution in [0, 0.1) is 0 Å². The molecule has 0 aromatic heterocycles. The molecule has 70 heavy (non-hydrogen) atoms. The van der Waals surface area contributed by atoms with Crippen LogP contribution >= 0.6 is 0 Å². The van der Waals surface area contributed by atoms with Gasteiger partial charge in [-0.15, -0.1) is 0 Å². The fraction of sp³-hybridized carbons (Fsp3) is 0. The molecular weight excluding hydrogens is 841 g/mol. The van der Waals surface area contributed by atoms with Gasteiger partial charge in [0.2, 0.25) is 0 Å². The smallest absolute Gasteiger partial charge is 0.000697 e. The highest BCUT2D eigenvalue weighted by atomic mass is 14.3. The Bertz CT molecular complexity index is 4880. The van der Waals surface area contributed by atoms with Crippen LogP contribution in [0.5, 0.6) is 0 Å². The zero-order valence-corrected chi connectivity index (χ0v) is 37.9. The molecule has 0 amide bonds. The Morgan fingerprint density at radius 1 is 0.143 bits per heavy atom. The van der Waals surface area contributed by atoms with Crippen molar-refractivity contribution in [2.75, 3.05) is 0 Å². The third-order valence-corrected chi connectivity index (χ3v) is 16.4. The molecule has 0 unspecified atom stereocenters. The van der Waals surface area contributed by atoms with E-state index in [2.05, 4.69) is 231 Å². The average molecular weight is 879 g/mol. The lowest BCUT2D eigenvalue weighted by Crippen LogP contribution is -1.90. The number of hydrogen-bond donors (Lipinski definition) is 0. The average Bonchev–Trinajstić information content (AvgIpc) is 4.07. The van der Waals surface area contributed by atoms with Gasteiger partial charge in [-0.05, 0) is 187 Å². The largest absolute Gasteiger partial charge is 0.0622 e. The standard InChI is InChI=1S/C70H38/c1-3-15-39(16-4-1)42-19-7-8-21-44(42)41-27-28-45-51-29-30-52-54-32-34-57-60-38-61-62(46-22-10-9-20-43(46)40-17-5-2-6-18-40)47-23-11-12-24-48(47)66-49-25-13-14-26-50(49)69(70(61)66)68(60)58-36-35-55(65(54)67(57)58)53-31-33-56(59(45)37-41)63(51)64(52)53/h1-38H. The highest BCUT2D eigenvalue weighted by Gasteiger charge is 2.29. The Hall–Kier alpha value is -9.10. The molecule has 16 aromatic carbocycles. The van der Waals surface area contributed by atoms with Crippen LogP contribution in [0.15, 0.2) is 231 Å². The van der Waals surface area contributed by atoms with E-state index in [4.69, 9.17) is 0 Å². The predicted molar refractivity (Wildman–Crippen MR) is 301 cm³/mol. The normalized spacial score (nSPS) is 12.6. The van der Waals surface area contributed by atoms with E-state index in [1.807, 2.05) is 0 Å². The van der Waals surface area contributed by atoms with Gasteiger partial charge >= 0.3 is 0 Å². The van der Waals surface area contributed by atoms with Crippen molar-refractivity contribution in [3.63, 3.8) is 0 Å². The molecule has 0 N–H and O–H groups in total. The summed E-state index contributed by atoms with van der Waals surface area (Å²) in [5.41, 5.74) is 15.4. The minimum Gasteiger partial charge on any atom is -0.0622 e. The SMILES string of the molecule is c1ccc(-c2ccccc2-c2ccc3c(c2)-c2ccc4c5ccc6c7c(ccc(c8ccc-3c2c84)c57)c2cc3c(-c4ccccc4-c4ccccc4)c4ccccc4c4c5ccccc5c(c26)c34)cc1. The highest BCUT2D eigenvalue weighted by Crippen LogP contribution is 2.57. The molecule has 0 heteroatoms. The van der Waals surface area contributed by atoms with Gasteiger partial charge in [0.05, 0.1) is 0 Å². The number of benzene rings is 14. The van der Waals surface area contributed by atoms with Gasteiger partial charge in [-0.3, -0.25) is 0 Å². The highest BCUT2D eigenvalue weighted by molar-refractivity contribution is 6.51. The van der Waals surface area contributed by atoms with Crippen molar-refractivity contribution in [2.45, 2.75) is 0 Å². The Kier molecular flexibility index (Phi) is 7.03. The minimum atomic E-state index is 1.23. The topological polar surface area (TPSA) is 0 Å². The van der Waals surface area contributed by atoms with Crippen molar-refractivity contribution in [3.05, 3.63) is 231 Å². The van der Waals surface area contributed by atoms with E-state index >= 15 is 0 Å². The molecule has 0 bridgehead atoms. The summed E-state index contributed by atoms with van der Waals surface area (Å²) in [6, 6.07) is 87.1. The van der Waals surface area contributed by atoms with Crippen LogP contribution < -0.4 is 0 Å². The molecule has 318 valence electrons. The Balaban J connectivity index is 0.959. The first-order chi connectivity index (χ1) is 34.8. The van der Waals surface area contributed by atoms with Crippen LogP contribution in [0.1, 0.15) is 0 Å². The van der Waals surface area contributed by atoms with Crippen molar-refractivity contribution in [3.8, 4) is 66.8 Å². The van der Waals surface area contributed by atoms with E-state index in [0.717, 1.165) is 0 Å². The molecule has 0 spiro atoms. The van der Waals surface area contributed by atoms with Crippen LogP contribution in [0.3, 0.4) is 0 Å². The lowest BCUT2D eigenvalue weighted by molar-refractivity contribution is 1.58. The number of hydrogen-bond acceptors (Lipinski definition) is 0. The van der Waals surface area contributed by atoms with Gasteiger partial charge in [-0.2, -0.15) is 0 Å². The molecule has 0 radical (unpaired) electrons. The summed E-state index contributed by atoms with van der Waals surface area (Å²) in [4.78, 5) is 0. The maximum absolute atomic E-state index is 2.58. The molecule has 0 aliphatic heterocycles. The molecule has 16 aromatic rings. The van der Waals surface area contributed by atoms with Gasteiger partial charge in [0.15, 0.2) is 0 Å². The molecule has 1 aliphatic rings. The van der Waals surface area contributed by atoms with Gasteiger partial charge in [0.25, 0.3) is 0 Å². The third kappa shape index (κ3) is 4.57. The summed E-state index contributed by atoms with van der Waals surface area (Å²) in [6.45, 7) is 0. The Labute approximate surface area is 402 Å². The summed E-state index contributed by atoms with van der Waals surface area (Å²) >= 11 is 0. The van der Waals surface area contributed by atoms with Crippen molar-refractivity contribution in [2.24, 2.45) is 0 Å². The van der Waals surface area contributed by atoms with Crippen molar-refractivity contribution in [1.29, 1.82) is 0 Å². The van der Waals surface area contributed by atoms with E-state index in [1.54, 1.807) is 0 Å². The zero-order chi connectivity index (χ0) is 45.3. The summed E-state index contributed by atoms with van der Waals surface area (Å²) in [6.07, 6.45) is 0. The van der Waals surface area contributed by atoms with Crippen molar-refractivity contribution in [1.82, 2.24) is 0 Å². The first kappa shape index (κ1) is 37.0. The van der Waals surface area contributed by atoms with Crippen LogP contribution in [0.25, 0.3) is 174 Å². The molecule has 0 saturated heterocycles. The van der Waals surface area contributed by atoms with Gasteiger partial charge < -0.3 is 0 Å². The van der Waals surface area contributed by atoms with Crippen LogP contribution in [-0.2, 0) is 0 Å². The predicted octanol–water partition coefficient (Wildman–Crippen LogP) is 19.8. The molecule has 17 rings (SSSR count). The van der Waals surface area contributed by atoms with Gasteiger partial charge in [-0.25, -0.2) is 0 Å². The first-order valence-electron chi connectivity index (χ1n) is 24.6. The minimum absolute atomic E-state index is 1.23. The van der Waals surface area contributed by atoms with E-state index in [9.17, 15) is 0 Å². The summed E-state index contributed by atoms with van der Waals surface area (Å²) < 4.78 is 0. The Morgan fingerprint density at radius 3 is 1.16 bits per heavy atom. The summed E-state index contributed by atoms with van der Waals surface area (Å²) in [7, 11) is 0. The van der Waals surface area contributed by atoms with Crippen LogP contribution in [0.4, 0.5) is 0 Å². The van der Waals surface area contributed by atoms with Crippen molar-refractivity contribution >= 4 is 108 Å². The summed E-state index contributed by atoms with van der Waals surface area (Å²) in [5, 5.41) is 26.9. The maximum atomic E-state index is 2.58. The zero-order valence-electron chi connectivity index (χ0n) is 37.9. The molecule has 0 saturated carbocycles. The summed E-state index contributed by atoms with van der Waals surface area (Å²) in [5.74, 6) is 0. The monoisotopic (exact) mass is 878 g/mol. The number of rotatable bonds is 4. The Morgan fingerprint density at radius 2 is 0.514 bits per heavy atom. The molecule has 0 heterocycles. The van der Waals surface area contributed by atoms with Crippen LogP contribution in [0.2, 0.25) is 0 Å². The second-order valence-corrected chi connectivity index (χ2v) is 19.7. The molecule has 0 nitrogen and oxygen atoms in total. The van der Waals surface area contributed by atoms with E-state index in [0.29, 0.717) is 0 Å². The quantitative estimate of drug-likeness (QED) is 0.122. The fourth-order valence-electron chi connectivity index (χ4n) is 13.7. The van der Waals surface area contributed by atoms with Crippen molar-refractivity contribution < 1.29 is 0 Å². The number of fused-ring (bicyclic) bond motifs is 14. The molecule has 0 fully saturated rings. The van der Waals surface area contributed by atoms with Gasteiger partial charge in [-0.1, -0.05) is 218 Å². The lowest BCUT2D eigenvalue weighted by Gasteiger charge is -2.17. The van der Waals surface area contributed by atoms with Crippen LogP contribution in [-0.4, -0.2) is 0 Å². The van der Waals surface area contributed by atoms with Gasteiger partial charge in [0.1, 0.15) is 0 Å². The fourth-order valence-corrected chi connectivity index (χ4v) is 13.7. The van der Waals surface area contributed by atoms with Gasteiger partial charge in [0, 0.05) is 0 Å². The molecular formula is C70H38. The maximum Gasteiger partial charge on any atom is -0.000697 e. The van der Waals surface area contributed by atoms with E-state index < -0.39 is 0 Å². The molecule has 0 atom stereocenters. The third-order valence-electron chi connectivity index (χ3n) is 16.4. The lowest BCUT2D eigenvalue weighted by atomic mass is 9.85. The first-order valence-corrected chi connectivity index (χ1v) is 24.6. The van der Waals surface area contributed by atoms with E-state index in [1.165, 1.54) is 174 Å². The molecule has 1 aliphatic carbocycles.